The van der Waals surface area contributed by atoms with Gasteiger partial charge in [-0.3, -0.25) is 14.9 Å². The summed E-state index contributed by atoms with van der Waals surface area (Å²) in [6.07, 6.45) is 0. The van der Waals surface area contributed by atoms with Gasteiger partial charge in [-0.25, -0.2) is 9.18 Å². The summed E-state index contributed by atoms with van der Waals surface area (Å²) in [5.41, 5.74) is -1.49. The van der Waals surface area contributed by atoms with Crippen molar-refractivity contribution >= 4 is 17.6 Å². The van der Waals surface area contributed by atoms with Gasteiger partial charge in [0.05, 0.1) is 4.92 Å². The number of rotatable bonds is 7. The summed E-state index contributed by atoms with van der Waals surface area (Å²) in [6, 6.07) is 7.81. The van der Waals surface area contributed by atoms with Gasteiger partial charge in [0.15, 0.2) is 0 Å². The molecule has 0 aliphatic carbocycles. The second-order valence-corrected chi connectivity index (χ2v) is 8.22. The predicted octanol–water partition coefficient (Wildman–Crippen LogP) is 4.62. The number of nitrogens with zero attached hydrogens (tertiary/aromatic N) is 1. The zero-order valence-corrected chi connectivity index (χ0v) is 18.0. The minimum atomic E-state index is -1.01. The molecule has 0 aliphatic heterocycles. The van der Waals surface area contributed by atoms with Crippen molar-refractivity contribution < 1.29 is 28.4 Å². The normalized spacial score (nSPS) is 12.2. The number of benzene rings is 2. The van der Waals surface area contributed by atoms with Crippen molar-refractivity contribution in [1.29, 1.82) is 0 Å². The topological polar surface area (TPSA) is 108 Å². The predicted molar refractivity (Wildman–Crippen MR) is 112 cm³/mol. The SMILES string of the molecule is CC(C)[C@@H](NC(=O)c1cc(Oc2ccc(F)cc2)ccc1[N+](=O)[O-])C(=O)OC(C)(C)C. The van der Waals surface area contributed by atoms with Crippen molar-refractivity contribution in [2.75, 3.05) is 0 Å². The monoisotopic (exact) mass is 432 g/mol. The van der Waals surface area contributed by atoms with E-state index in [1.807, 2.05) is 0 Å². The number of carbonyl (C=O) groups is 2. The molecule has 1 N–H and O–H groups in total. The summed E-state index contributed by atoms with van der Waals surface area (Å²) < 4.78 is 24.0. The third-order valence-electron chi connectivity index (χ3n) is 4.07. The molecule has 166 valence electrons. The number of esters is 1. The van der Waals surface area contributed by atoms with Crippen LogP contribution >= 0.6 is 0 Å². The van der Waals surface area contributed by atoms with Crippen LogP contribution in [0.4, 0.5) is 10.1 Å². The van der Waals surface area contributed by atoms with Crippen LogP contribution in [0.3, 0.4) is 0 Å². The van der Waals surface area contributed by atoms with E-state index in [9.17, 15) is 24.1 Å². The Balaban J connectivity index is 2.32. The summed E-state index contributed by atoms with van der Waals surface area (Å²) in [4.78, 5) is 36.1. The number of hydrogen-bond donors (Lipinski definition) is 1. The molecule has 0 spiro atoms. The van der Waals surface area contributed by atoms with Gasteiger partial charge >= 0.3 is 5.97 Å². The highest BCUT2D eigenvalue weighted by Crippen LogP contribution is 2.28. The second kappa shape index (κ2) is 9.55. The van der Waals surface area contributed by atoms with Gasteiger partial charge < -0.3 is 14.8 Å². The first-order valence-electron chi connectivity index (χ1n) is 9.63. The molecular formula is C22H25FN2O6. The van der Waals surface area contributed by atoms with Gasteiger partial charge in [-0.2, -0.15) is 0 Å². The van der Waals surface area contributed by atoms with E-state index in [0.717, 1.165) is 6.07 Å². The third-order valence-corrected chi connectivity index (χ3v) is 4.07. The molecule has 1 atom stereocenters. The van der Waals surface area contributed by atoms with E-state index in [1.54, 1.807) is 34.6 Å². The Labute approximate surface area is 179 Å². The molecule has 2 rings (SSSR count). The average Bonchev–Trinajstić information content (AvgIpc) is 2.65. The first-order chi connectivity index (χ1) is 14.4. The smallest absolute Gasteiger partial charge is 0.329 e. The van der Waals surface area contributed by atoms with E-state index in [1.165, 1.54) is 36.4 Å². The molecule has 0 heterocycles. The number of carbonyl (C=O) groups excluding carboxylic acids is 2. The fourth-order valence-electron chi connectivity index (χ4n) is 2.64. The zero-order valence-electron chi connectivity index (χ0n) is 18.0. The van der Waals surface area contributed by atoms with Crippen molar-refractivity contribution in [1.82, 2.24) is 5.32 Å². The lowest BCUT2D eigenvalue weighted by atomic mass is 10.0. The number of halogens is 1. The van der Waals surface area contributed by atoms with Crippen LogP contribution in [0.15, 0.2) is 42.5 Å². The molecule has 0 fully saturated rings. The minimum Gasteiger partial charge on any atom is -0.458 e. The summed E-state index contributed by atoms with van der Waals surface area (Å²) >= 11 is 0. The molecule has 1 amide bonds. The summed E-state index contributed by atoms with van der Waals surface area (Å²) in [5.74, 6) is -1.80. The van der Waals surface area contributed by atoms with Crippen LogP contribution in [0.2, 0.25) is 0 Å². The third kappa shape index (κ3) is 6.77. The van der Waals surface area contributed by atoms with Crippen LogP contribution in [-0.2, 0) is 9.53 Å². The zero-order chi connectivity index (χ0) is 23.3. The molecule has 31 heavy (non-hydrogen) atoms. The molecule has 0 bridgehead atoms. The van der Waals surface area contributed by atoms with Crippen molar-refractivity contribution in [3.63, 3.8) is 0 Å². The fraction of sp³-hybridized carbons (Fsp3) is 0.364. The van der Waals surface area contributed by atoms with Crippen LogP contribution in [0.5, 0.6) is 11.5 Å². The highest BCUT2D eigenvalue weighted by Gasteiger charge is 2.31. The van der Waals surface area contributed by atoms with Gasteiger partial charge in [-0.1, -0.05) is 13.8 Å². The fourth-order valence-corrected chi connectivity index (χ4v) is 2.64. The number of hydrogen-bond acceptors (Lipinski definition) is 6. The van der Waals surface area contributed by atoms with Gasteiger partial charge in [0.1, 0.15) is 34.5 Å². The molecule has 0 saturated carbocycles. The number of nitro groups is 1. The van der Waals surface area contributed by atoms with Gasteiger partial charge in [0.25, 0.3) is 11.6 Å². The highest BCUT2D eigenvalue weighted by atomic mass is 19.1. The van der Waals surface area contributed by atoms with Crippen LogP contribution in [0, 0.1) is 21.8 Å². The van der Waals surface area contributed by atoms with E-state index < -0.39 is 39.9 Å². The van der Waals surface area contributed by atoms with Gasteiger partial charge in [-0.15, -0.1) is 0 Å². The van der Waals surface area contributed by atoms with Crippen LogP contribution in [0.1, 0.15) is 45.0 Å². The molecule has 0 aromatic heterocycles. The number of ether oxygens (including phenoxy) is 2. The quantitative estimate of drug-likeness (QED) is 0.388. The molecule has 2 aromatic rings. The first kappa shape index (κ1) is 23.8. The lowest BCUT2D eigenvalue weighted by Crippen LogP contribution is -2.47. The van der Waals surface area contributed by atoms with Gasteiger partial charge in [0, 0.05) is 12.1 Å². The lowest BCUT2D eigenvalue weighted by Gasteiger charge is -2.26. The maximum absolute atomic E-state index is 13.1. The number of amides is 1. The number of nitrogens with one attached hydrogen (secondary N) is 1. The van der Waals surface area contributed by atoms with Crippen LogP contribution < -0.4 is 10.1 Å². The summed E-state index contributed by atoms with van der Waals surface area (Å²) in [6.45, 7) is 8.54. The first-order valence-corrected chi connectivity index (χ1v) is 9.63. The van der Waals surface area contributed by atoms with E-state index in [2.05, 4.69) is 5.32 Å². The standard InChI is InChI=1S/C22H25FN2O6/c1-13(2)19(21(27)31-22(3,4)5)24-20(26)17-12-16(10-11-18(17)25(28)29)30-15-8-6-14(23)7-9-15/h6-13,19H,1-5H3,(H,24,26)/t19-/m1/s1. The Morgan fingerprint density at radius 1 is 1.06 bits per heavy atom. The Morgan fingerprint density at radius 3 is 2.16 bits per heavy atom. The van der Waals surface area contributed by atoms with Gasteiger partial charge in [-0.05, 0) is 57.0 Å². The Bertz CT molecular complexity index is 967. The molecule has 8 nitrogen and oxygen atoms in total. The molecule has 9 heteroatoms. The summed E-state index contributed by atoms with van der Waals surface area (Å²) in [5, 5.41) is 14.0. The van der Waals surface area contributed by atoms with Crippen LogP contribution in [0.25, 0.3) is 0 Å². The van der Waals surface area contributed by atoms with E-state index in [4.69, 9.17) is 9.47 Å². The van der Waals surface area contributed by atoms with Gasteiger partial charge in [0.2, 0.25) is 0 Å². The molecule has 2 aromatic carbocycles. The highest BCUT2D eigenvalue weighted by molar-refractivity contribution is 6.00. The Kier molecular flexibility index (Phi) is 7.32. The summed E-state index contributed by atoms with van der Waals surface area (Å²) in [7, 11) is 0. The molecule has 0 unspecified atom stereocenters. The van der Waals surface area contributed by atoms with Crippen molar-refractivity contribution in [3.05, 3.63) is 64.0 Å². The minimum absolute atomic E-state index is 0.140. The van der Waals surface area contributed by atoms with E-state index in [-0.39, 0.29) is 23.0 Å². The molecule has 0 aliphatic rings. The van der Waals surface area contributed by atoms with Crippen molar-refractivity contribution in [2.45, 2.75) is 46.3 Å². The largest absolute Gasteiger partial charge is 0.458 e. The Hall–Kier alpha value is -3.49. The van der Waals surface area contributed by atoms with E-state index >= 15 is 0 Å². The Morgan fingerprint density at radius 2 is 1.65 bits per heavy atom. The molecular weight excluding hydrogens is 407 g/mol. The second-order valence-electron chi connectivity index (χ2n) is 8.22. The van der Waals surface area contributed by atoms with E-state index in [0.29, 0.717) is 0 Å². The van der Waals surface area contributed by atoms with Crippen molar-refractivity contribution in [3.8, 4) is 11.5 Å². The maximum atomic E-state index is 13.1. The maximum Gasteiger partial charge on any atom is 0.329 e. The average molecular weight is 432 g/mol. The lowest BCUT2D eigenvalue weighted by molar-refractivity contribution is -0.385. The van der Waals surface area contributed by atoms with Crippen molar-refractivity contribution in [2.24, 2.45) is 5.92 Å². The molecule has 0 saturated heterocycles. The molecule has 0 radical (unpaired) electrons. The number of nitro benzene ring substituents is 1. The van der Waals surface area contributed by atoms with Crippen LogP contribution in [-0.4, -0.2) is 28.4 Å².